The van der Waals surface area contributed by atoms with E-state index in [9.17, 15) is 4.79 Å². The first kappa shape index (κ1) is 39.5. The Bertz CT molecular complexity index is 1780. The SMILES string of the molecule is C[C@H](COc1ccc(C(=O)c2c(-c3ccc(OCCN4CCCC4)cc3)sc3ccccc23)cc1)N1CCCC1.O=C(O)C(=O)O.O=C(O)C(=O)O. The monoisotopic (exact) mass is 734 g/mol. The number of ether oxygens (including phenoxy) is 2. The summed E-state index contributed by atoms with van der Waals surface area (Å²) < 4.78 is 13.2. The molecule has 4 aromatic rings. The summed E-state index contributed by atoms with van der Waals surface area (Å²) in [6.45, 7) is 9.22. The summed E-state index contributed by atoms with van der Waals surface area (Å²) in [6.07, 6.45) is 5.14. The zero-order valence-electron chi connectivity index (χ0n) is 28.7. The van der Waals surface area contributed by atoms with Gasteiger partial charge in [-0.3, -0.25) is 14.6 Å². The summed E-state index contributed by atoms with van der Waals surface area (Å²) in [6, 6.07) is 24.4. The number of benzene rings is 3. The van der Waals surface area contributed by atoms with Crippen LogP contribution in [0.2, 0.25) is 0 Å². The third-order valence-corrected chi connectivity index (χ3v) is 9.77. The van der Waals surface area contributed by atoms with Crippen molar-refractivity contribution in [3.63, 3.8) is 0 Å². The van der Waals surface area contributed by atoms with Gasteiger partial charge in [0.25, 0.3) is 0 Å². The average molecular weight is 735 g/mol. The second-order valence-corrected chi connectivity index (χ2v) is 13.3. The Hall–Kier alpha value is -5.31. The van der Waals surface area contributed by atoms with Crippen molar-refractivity contribution in [2.24, 2.45) is 0 Å². The van der Waals surface area contributed by atoms with Gasteiger partial charge in [-0.2, -0.15) is 0 Å². The van der Waals surface area contributed by atoms with Crippen LogP contribution in [0.15, 0.2) is 72.8 Å². The first-order valence-corrected chi connectivity index (χ1v) is 17.7. The number of nitrogens with zero attached hydrogens (tertiary/aromatic N) is 2. The molecule has 4 N–H and O–H groups in total. The minimum atomic E-state index is -1.82. The first-order chi connectivity index (χ1) is 24.9. The molecule has 1 atom stereocenters. The maximum Gasteiger partial charge on any atom is 0.414 e. The summed E-state index contributed by atoms with van der Waals surface area (Å²) in [5, 5.41) is 30.6. The van der Waals surface area contributed by atoms with Crippen molar-refractivity contribution >= 4 is 51.1 Å². The molecule has 1 aromatic heterocycles. The predicted molar refractivity (Wildman–Crippen MR) is 195 cm³/mol. The number of thiophene rings is 1. The first-order valence-electron chi connectivity index (χ1n) is 16.9. The predicted octanol–water partition coefficient (Wildman–Crippen LogP) is 5.45. The molecule has 2 aliphatic heterocycles. The molecule has 3 aromatic carbocycles. The van der Waals surface area contributed by atoms with E-state index in [0.717, 1.165) is 57.2 Å². The molecule has 2 aliphatic rings. The lowest BCUT2D eigenvalue weighted by Gasteiger charge is -2.23. The van der Waals surface area contributed by atoms with Gasteiger partial charge in [-0.1, -0.05) is 18.2 Å². The largest absolute Gasteiger partial charge is 0.492 e. The Kier molecular flexibility index (Phi) is 14.7. The molecule has 0 saturated carbocycles. The van der Waals surface area contributed by atoms with Gasteiger partial charge in [-0.15, -0.1) is 11.3 Å². The molecule has 0 radical (unpaired) electrons. The Labute approximate surface area is 304 Å². The van der Waals surface area contributed by atoms with E-state index < -0.39 is 23.9 Å². The summed E-state index contributed by atoms with van der Waals surface area (Å²) in [5.41, 5.74) is 2.47. The normalized spacial score (nSPS) is 14.7. The highest BCUT2D eigenvalue weighted by Crippen LogP contribution is 2.40. The lowest BCUT2D eigenvalue weighted by atomic mass is 9.97. The van der Waals surface area contributed by atoms with Crippen LogP contribution in [-0.2, 0) is 19.2 Å². The standard InChI is InChI=1S/C34H38N2O3S.2C2H2O4/c1-25(36-20-6-7-21-36)24-39-29-14-10-26(11-15-29)33(37)32-30-8-2-3-9-31(30)40-34(32)27-12-16-28(17-13-27)38-23-22-35-18-4-5-19-35;2*3-1(4)2(5)6/h2-3,8-17,25H,4-7,18-24H2,1H3;2*(H,3,4)(H,5,6)/t25-;;/m1../s1. The molecule has 6 rings (SSSR count). The number of carbonyl (C=O) groups is 5. The van der Waals surface area contributed by atoms with Crippen molar-refractivity contribution in [3.8, 4) is 21.9 Å². The number of carbonyl (C=O) groups excluding carboxylic acids is 1. The van der Waals surface area contributed by atoms with E-state index >= 15 is 0 Å². The van der Waals surface area contributed by atoms with E-state index in [1.165, 1.54) is 38.8 Å². The van der Waals surface area contributed by atoms with Gasteiger partial charge >= 0.3 is 23.9 Å². The quantitative estimate of drug-likeness (QED) is 0.113. The molecular weight excluding hydrogens is 692 g/mol. The molecular formula is C38H42N2O11S. The highest BCUT2D eigenvalue weighted by Gasteiger charge is 2.22. The molecule has 0 spiro atoms. The lowest BCUT2D eigenvalue weighted by molar-refractivity contribution is -0.159. The van der Waals surface area contributed by atoms with E-state index in [2.05, 4.69) is 41.0 Å². The molecule has 276 valence electrons. The third kappa shape index (κ3) is 11.4. The number of carboxylic acid groups (broad SMARTS) is 4. The van der Waals surface area contributed by atoms with Gasteiger partial charge < -0.3 is 29.9 Å². The van der Waals surface area contributed by atoms with Gasteiger partial charge in [0.2, 0.25) is 0 Å². The van der Waals surface area contributed by atoms with E-state index in [1.54, 1.807) is 11.3 Å². The summed E-state index contributed by atoms with van der Waals surface area (Å²) in [5.74, 6) is -5.59. The molecule has 13 nitrogen and oxygen atoms in total. The number of fused-ring (bicyclic) bond motifs is 1. The molecule has 0 unspecified atom stereocenters. The maximum atomic E-state index is 13.9. The van der Waals surface area contributed by atoms with Crippen LogP contribution in [0.1, 0.15) is 48.5 Å². The zero-order chi connectivity index (χ0) is 37.6. The van der Waals surface area contributed by atoms with Crippen molar-refractivity contribution in [2.45, 2.75) is 38.6 Å². The Morgan fingerprint density at radius 1 is 0.692 bits per heavy atom. The van der Waals surface area contributed by atoms with Crippen LogP contribution in [-0.4, -0.2) is 112 Å². The highest BCUT2D eigenvalue weighted by molar-refractivity contribution is 7.22. The number of hydrogen-bond acceptors (Lipinski definition) is 10. The van der Waals surface area contributed by atoms with E-state index in [4.69, 9.17) is 49.1 Å². The fraction of sp³-hybridized carbons (Fsp3) is 0.342. The Morgan fingerprint density at radius 2 is 1.21 bits per heavy atom. The van der Waals surface area contributed by atoms with Crippen LogP contribution in [0.3, 0.4) is 0 Å². The average Bonchev–Trinajstić information content (AvgIpc) is 3.94. The Morgan fingerprint density at radius 3 is 1.79 bits per heavy atom. The summed E-state index contributed by atoms with van der Waals surface area (Å²) >= 11 is 1.67. The van der Waals surface area contributed by atoms with Crippen molar-refractivity contribution in [1.29, 1.82) is 0 Å². The second kappa shape index (κ2) is 19.3. The second-order valence-electron chi connectivity index (χ2n) is 12.2. The fourth-order valence-electron chi connectivity index (χ4n) is 5.83. The fourth-order valence-corrected chi connectivity index (χ4v) is 7.03. The number of aliphatic carboxylic acids is 4. The molecule has 14 heteroatoms. The van der Waals surface area contributed by atoms with Gasteiger partial charge in [0.05, 0.1) is 0 Å². The molecule has 0 amide bonds. The van der Waals surface area contributed by atoms with Crippen LogP contribution in [0.4, 0.5) is 0 Å². The van der Waals surface area contributed by atoms with Crippen molar-refractivity contribution < 1.29 is 53.9 Å². The van der Waals surface area contributed by atoms with Crippen molar-refractivity contribution in [3.05, 3.63) is 83.9 Å². The van der Waals surface area contributed by atoms with Crippen LogP contribution >= 0.6 is 11.3 Å². The van der Waals surface area contributed by atoms with E-state index in [-0.39, 0.29) is 5.78 Å². The minimum Gasteiger partial charge on any atom is -0.492 e. The number of likely N-dealkylation sites (tertiary alicyclic amines) is 2. The topological polar surface area (TPSA) is 191 Å². The molecule has 2 saturated heterocycles. The van der Waals surface area contributed by atoms with Gasteiger partial charge in [0, 0.05) is 38.7 Å². The van der Waals surface area contributed by atoms with Gasteiger partial charge in [0.1, 0.15) is 24.7 Å². The van der Waals surface area contributed by atoms with Crippen LogP contribution < -0.4 is 9.47 Å². The number of ketones is 1. The van der Waals surface area contributed by atoms with Gasteiger partial charge in [-0.25, -0.2) is 19.2 Å². The summed E-state index contributed by atoms with van der Waals surface area (Å²) in [4.78, 5) is 56.3. The van der Waals surface area contributed by atoms with Gasteiger partial charge in [-0.05, 0) is 119 Å². The van der Waals surface area contributed by atoms with Crippen LogP contribution in [0, 0.1) is 0 Å². The number of rotatable bonds is 11. The molecule has 2 fully saturated rings. The van der Waals surface area contributed by atoms with E-state index in [0.29, 0.717) is 24.8 Å². The van der Waals surface area contributed by atoms with Crippen LogP contribution in [0.25, 0.3) is 20.5 Å². The molecule has 0 bridgehead atoms. The van der Waals surface area contributed by atoms with Crippen molar-refractivity contribution in [1.82, 2.24) is 9.80 Å². The Balaban J connectivity index is 0.000000436. The third-order valence-electron chi connectivity index (χ3n) is 8.55. The van der Waals surface area contributed by atoms with Crippen LogP contribution in [0.5, 0.6) is 11.5 Å². The number of hydrogen-bond donors (Lipinski definition) is 4. The minimum absolute atomic E-state index is 0.0374. The van der Waals surface area contributed by atoms with Crippen molar-refractivity contribution in [2.75, 3.05) is 45.9 Å². The smallest absolute Gasteiger partial charge is 0.414 e. The summed E-state index contributed by atoms with van der Waals surface area (Å²) in [7, 11) is 0. The lowest BCUT2D eigenvalue weighted by Crippen LogP contribution is -2.34. The van der Waals surface area contributed by atoms with Gasteiger partial charge in [0.15, 0.2) is 5.78 Å². The zero-order valence-corrected chi connectivity index (χ0v) is 29.5. The number of carboxylic acids is 4. The molecule has 0 aliphatic carbocycles. The molecule has 52 heavy (non-hydrogen) atoms. The molecule has 3 heterocycles. The maximum absolute atomic E-state index is 13.9. The van der Waals surface area contributed by atoms with E-state index in [1.807, 2.05) is 48.5 Å². The highest BCUT2D eigenvalue weighted by atomic mass is 32.1.